The lowest BCUT2D eigenvalue weighted by molar-refractivity contribution is 0.423. The summed E-state index contributed by atoms with van der Waals surface area (Å²) in [6.07, 6.45) is 0. The van der Waals surface area contributed by atoms with Crippen molar-refractivity contribution in [2.45, 2.75) is 32.9 Å². The Balaban J connectivity index is 2.16. The summed E-state index contributed by atoms with van der Waals surface area (Å²) in [6, 6.07) is 4.55. The molecular formula is C13H15ClFN3S. The fourth-order valence-electron chi connectivity index (χ4n) is 1.44. The van der Waals surface area contributed by atoms with Gasteiger partial charge in [0.1, 0.15) is 10.8 Å². The monoisotopic (exact) mass is 299 g/mol. The van der Waals surface area contributed by atoms with Crippen molar-refractivity contribution in [2.75, 3.05) is 0 Å². The summed E-state index contributed by atoms with van der Waals surface area (Å²) in [7, 11) is 0. The minimum Gasteiger partial charge on any atom is -0.306 e. The number of nitrogens with zero attached hydrogens (tertiary/aromatic N) is 2. The van der Waals surface area contributed by atoms with Crippen molar-refractivity contribution in [2.24, 2.45) is 0 Å². The van der Waals surface area contributed by atoms with E-state index in [0.717, 1.165) is 5.01 Å². The summed E-state index contributed by atoms with van der Waals surface area (Å²) < 4.78 is 13.8. The van der Waals surface area contributed by atoms with Crippen molar-refractivity contribution in [1.29, 1.82) is 0 Å². The van der Waals surface area contributed by atoms with Gasteiger partial charge < -0.3 is 5.32 Å². The molecule has 19 heavy (non-hydrogen) atoms. The Kier molecular flexibility index (Phi) is 4.18. The zero-order chi connectivity index (χ0) is 14.0. The molecule has 3 nitrogen and oxygen atoms in total. The molecule has 0 spiro atoms. The maximum atomic E-state index is 13.8. The van der Waals surface area contributed by atoms with Gasteiger partial charge in [-0.1, -0.05) is 22.9 Å². The van der Waals surface area contributed by atoms with E-state index in [9.17, 15) is 4.39 Å². The van der Waals surface area contributed by atoms with Crippen molar-refractivity contribution in [3.05, 3.63) is 34.0 Å². The van der Waals surface area contributed by atoms with E-state index in [-0.39, 0.29) is 11.4 Å². The zero-order valence-electron chi connectivity index (χ0n) is 11.0. The van der Waals surface area contributed by atoms with Crippen LogP contribution < -0.4 is 5.32 Å². The zero-order valence-corrected chi connectivity index (χ0v) is 12.6. The highest BCUT2D eigenvalue weighted by Gasteiger charge is 2.14. The normalized spacial score (nSPS) is 11.8. The molecule has 0 amide bonds. The van der Waals surface area contributed by atoms with Crippen molar-refractivity contribution in [3.8, 4) is 10.6 Å². The molecule has 0 saturated carbocycles. The van der Waals surface area contributed by atoms with E-state index in [4.69, 9.17) is 11.6 Å². The second-order valence-corrected chi connectivity index (χ2v) is 6.73. The summed E-state index contributed by atoms with van der Waals surface area (Å²) in [5, 5.41) is 13.2. The molecule has 0 saturated heterocycles. The number of hydrogen-bond donors (Lipinski definition) is 1. The van der Waals surface area contributed by atoms with Crippen LogP contribution >= 0.6 is 22.9 Å². The summed E-state index contributed by atoms with van der Waals surface area (Å²) in [6.45, 7) is 6.85. The minimum absolute atomic E-state index is 0.0113. The third kappa shape index (κ3) is 3.96. The molecule has 2 aromatic rings. The standard InChI is InChI=1S/C13H15ClFN3S/c1-13(2,3)16-7-11-17-18-12(19-11)9-5-4-8(14)6-10(9)15/h4-6,16H,7H2,1-3H3. The highest BCUT2D eigenvalue weighted by Crippen LogP contribution is 2.28. The van der Waals surface area contributed by atoms with Crippen molar-refractivity contribution >= 4 is 22.9 Å². The average molecular weight is 300 g/mol. The quantitative estimate of drug-likeness (QED) is 0.934. The fraction of sp³-hybridized carbons (Fsp3) is 0.385. The van der Waals surface area contributed by atoms with Gasteiger partial charge in [0.2, 0.25) is 0 Å². The SMILES string of the molecule is CC(C)(C)NCc1nnc(-c2ccc(Cl)cc2F)s1. The summed E-state index contributed by atoms with van der Waals surface area (Å²) in [5.41, 5.74) is 0.445. The van der Waals surface area contributed by atoms with Crippen LogP contribution in [0.2, 0.25) is 5.02 Å². The van der Waals surface area contributed by atoms with E-state index < -0.39 is 0 Å². The van der Waals surface area contributed by atoms with Gasteiger partial charge in [0, 0.05) is 16.1 Å². The first-order valence-corrected chi connectivity index (χ1v) is 7.07. The van der Waals surface area contributed by atoms with Gasteiger partial charge in [-0.25, -0.2) is 4.39 Å². The molecule has 0 bridgehead atoms. The summed E-state index contributed by atoms with van der Waals surface area (Å²) in [4.78, 5) is 0. The number of aromatic nitrogens is 2. The first kappa shape index (κ1) is 14.4. The van der Waals surface area contributed by atoms with Crippen LogP contribution in [0.3, 0.4) is 0 Å². The second kappa shape index (κ2) is 5.53. The molecule has 1 aromatic carbocycles. The number of nitrogens with one attached hydrogen (secondary N) is 1. The maximum Gasteiger partial charge on any atom is 0.150 e. The lowest BCUT2D eigenvalue weighted by atomic mass is 10.1. The highest BCUT2D eigenvalue weighted by atomic mass is 35.5. The molecule has 0 fully saturated rings. The van der Waals surface area contributed by atoms with Crippen LogP contribution in [0.15, 0.2) is 18.2 Å². The van der Waals surface area contributed by atoms with Crippen molar-refractivity contribution in [1.82, 2.24) is 15.5 Å². The number of halogens is 2. The Hall–Kier alpha value is -1.04. The van der Waals surface area contributed by atoms with Gasteiger partial charge in [-0.05, 0) is 39.0 Å². The molecule has 0 aliphatic carbocycles. The molecule has 2 rings (SSSR count). The van der Waals surface area contributed by atoms with Gasteiger partial charge in [-0.3, -0.25) is 0 Å². The van der Waals surface area contributed by atoms with Crippen LogP contribution in [0.4, 0.5) is 4.39 Å². The lowest BCUT2D eigenvalue weighted by Crippen LogP contribution is -2.35. The lowest BCUT2D eigenvalue weighted by Gasteiger charge is -2.19. The van der Waals surface area contributed by atoms with E-state index in [0.29, 0.717) is 22.1 Å². The Morgan fingerprint density at radius 2 is 2.05 bits per heavy atom. The molecule has 0 unspecified atom stereocenters. The predicted octanol–water partition coefficient (Wildman–Crippen LogP) is 3.89. The largest absolute Gasteiger partial charge is 0.306 e. The third-order valence-electron chi connectivity index (χ3n) is 2.40. The van der Waals surface area contributed by atoms with Gasteiger partial charge in [-0.15, -0.1) is 10.2 Å². The predicted molar refractivity (Wildman–Crippen MR) is 76.9 cm³/mol. The summed E-state index contributed by atoms with van der Waals surface area (Å²) in [5.74, 6) is -0.376. The van der Waals surface area contributed by atoms with Crippen LogP contribution in [0.25, 0.3) is 10.6 Å². The van der Waals surface area contributed by atoms with Crippen molar-refractivity contribution < 1.29 is 4.39 Å². The first-order chi connectivity index (χ1) is 8.85. The third-order valence-corrected chi connectivity index (χ3v) is 3.59. The smallest absolute Gasteiger partial charge is 0.150 e. The molecule has 0 atom stereocenters. The molecule has 0 aliphatic rings. The molecule has 1 heterocycles. The summed E-state index contributed by atoms with van der Waals surface area (Å²) >= 11 is 7.11. The molecule has 0 aliphatic heterocycles. The maximum absolute atomic E-state index is 13.8. The van der Waals surface area contributed by atoms with Gasteiger partial charge >= 0.3 is 0 Å². The van der Waals surface area contributed by atoms with E-state index in [1.54, 1.807) is 12.1 Å². The van der Waals surface area contributed by atoms with Gasteiger partial charge in [0.15, 0.2) is 5.01 Å². The molecule has 6 heteroatoms. The van der Waals surface area contributed by atoms with Gasteiger partial charge in [0.05, 0.1) is 6.54 Å². The van der Waals surface area contributed by atoms with Crippen molar-refractivity contribution in [3.63, 3.8) is 0 Å². The first-order valence-electron chi connectivity index (χ1n) is 5.88. The fourth-order valence-corrected chi connectivity index (χ4v) is 2.40. The van der Waals surface area contributed by atoms with Crippen LogP contribution in [-0.4, -0.2) is 15.7 Å². The van der Waals surface area contributed by atoms with E-state index in [1.807, 2.05) is 0 Å². The topological polar surface area (TPSA) is 37.8 Å². The van der Waals surface area contributed by atoms with Gasteiger partial charge in [0.25, 0.3) is 0 Å². The van der Waals surface area contributed by atoms with E-state index >= 15 is 0 Å². The highest BCUT2D eigenvalue weighted by molar-refractivity contribution is 7.14. The minimum atomic E-state index is -0.376. The van der Waals surface area contributed by atoms with Crippen LogP contribution in [0.1, 0.15) is 25.8 Å². The Morgan fingerprint density at radius 3 is 2.68 bits per heavy atom. The Bertz CT molecular complexity index is 578. The van der Waals surface area contributed by atoms with Crippen LogP contribution in [0, 0.1) is 5.82 Å². The van der Waals surface area contributed by atoms with E-state index in [2.05, 4.69) is 36.3 Å². The Labute approximate surface area is 120 Å². The molecule has 0 radical (unpaired) electrons. The van der Waals surface area contributed by atoms with Crippen LogP contribution in [-0.2, 0) is 6.54 Å². The van der Waals surface area contributed by atoms with Crippen LogP contribution in [0.5, 0.6) is 0 Å². The molecule has 102 valence electrons. The Morgan fingerprint density at radius 1 is 1.32 bits per heavy atom. The van der Waals surface area contributed by atoms with E-state index in [1.165, 1.54) is 17.4 Å². The number of benzene rings is 1. The molecule has 1 N–H and O–H groups in total. The van der Waals surface area contributed by atoms with Gasteiger partial charge in [-0.2, -0.15) is 0 Å². The number of rotatable bonds is 3. The molecular weight excluding hydrogens is 285 g/mol. The number of hydrogen-bond acceptors (Lipinski definition) is 4. The second-order valence-electron chi connectivity index (χ2n) is 5.23. The average Bonchev–Trinajstić information content (AvgIpc) is 2.74. The molecule has 1 aromatic heterocycles.